The largest absolute Gasteiger partial charge is 0.378 e. The van der Waals surface area contributed by atoms with Crippen molar-refractivity contribution in [3.8, 4) is 11.3 Å². The third kappa shape index (κ3) is 3.94. The van der Waals surface area contributed by atoms with Crippen molar-refractivity contribution in [2.45, 2.75) is 26.5 Å². The topological polar surface area (TPSA) is 64.4 Å². The number of hydrogen-bond donors (Lipinski definition) is 1. The van der Waals surface area contributed by atoms with Crippen LogP contribution in [-0.2, 0) is 5.75 Å². The number of rotatable bonds is 4. The third-order valence-electron chi connectivity index (χ3n) is 4.06. The molecule has 0 amide bonds. The quantitative estimate of drug-likeness (QED) is 0.522. The van der Waals surface area contributed by atoms with Crippen molar-refractivity contribution in [1.29, 1.82) is 0 Å². The molecule has 2 N–H and O–H groups in total. The van der Waals surface area contributed by atoms with Crippen molar-refractivity contribution in [3.63, 3.8) is 0 Å². The molecule has 1 aromatic heterocycles. The van der Waals surface area contributed by atoms with Gasteiger partial charge in [0.15, 0.2) is 5.17 Å². The second kappa shape index (κ2) is 7.57. The molecule has 0 atom stereocenters. The maximum Gasteiger partial charge on any atom is 0.159 e. The first kappa shape index (κ1) is 17.3. The first-order valence-corrected chi connectivity index (χ1v) is 9.08. The Morgan fingerprint density at radius 2 is 1.72 bits per heavy atom. The van der Waals surface area contributed by atoms with Crippen molar-refractivity contribution < 1.29 is 4.52 Å². The van der Waals surface area contributed by atoms with E-state index in [-0.39, 0.29) is 0 Å². The Morgan fingerprint density at radius 1 is 1.04 bits per heavy atom. The van der Waals surface area contributed by atoms with Crippen LogP contribution in [0, 0.1) is 20.8 Å². The number of aliphatic imine (C=N–C) groups is 1. The van der Waals surface area contributed by atoms with E-state index in [1.807, 2.05) is 69.3 Å². The number of aromatic nitrogens is 1. The lowest BCUT2D eigenvalue weighted by molar-refractivity contribution is 0.398. The molecular weight excluding hydrogens is 330 g/mol. The zero-order valence-electron chi connectivity index (χ0n) is 14.6. The molecule has 5 heteroatoms. The summed E-state index contributed by atoms with van der Waals surface area (Å²) in [5.74, 6) is 1.48. The molecule has 128 valence electrons. The molecule has 0 bridgehead atoms. The summed E-state index contributed by atoms with van der Waals surface area (Å²) in [5, 5.41) is 4.75. The molecule has 2 aromatic carbocycles. The Bertz CT molecular complexity index is 880. The van der Waals surface area contributed by atoms with Gasteiger partial charge in [-0.3, -0.25) is 0 Å². The maximum absolute atomic E-state index is 6.16. The lowest BCUT2D eigenvalue weighted by atomic mass is 10.1. The van der Waals surface area contributed by atoms with Crippen LogP contribution in [0.1, 0.15) is 22.5 Å². The van der Waals surface area contributed by atoms with Gasteiger partial charge in [0.05, 0.1) is 5.69 Å². The molecular formula is C20H21N3OS. The molecule has 0 unspecified atom stereocenters. The Kier molecular flexibility index (Phi) is 5.24. The molecule has 0 aliphatic rings. The minimum absolute atomic E-state index is 0.539. The number of hydrogen-bond acceptors (Lipinski definition) is 4. The van der Waals surface area contributed by atoms with Crippen LogP contribution < -0.4 is 5.73 Å². The van der Waals surface area contributed by atoms with Crippen LogP contribution >= 0.6 is 11.8 Å². The molecule has 0 saturated carbocycles. The molecule has 0 radical (unpaired) electrons. The Balaban J connectivity index is 1.80. The molecule has 4 nitrogen and oxygen atoms in total. The van der Waals surface area contributed by atoms with Crippen LogP contribution in [0.25, 0.3) is 11.3 Å². The molecule has 3 aromatic rings. The second-order valence-electron chi connectivity index (χ2n) is 5.91. The molecule has 0 aliphatic heterocycles. The summed E-state index contributed by atoms with van der Waals surface area (Å²) in [7, 11) is 0. The summed E-state index contributed by atoms with van der Waals surface area (Å²) >= 11 is 1.50. The van der Waals surface area contributed by atoms with Gasteiger partial charge in [0, 0.05) is 16.9 Å². The zero-order valence-corrected chi connectivity index (χ0v) is 15.4. The number of amidine groups is 1. The number of nitrogens with two attached hydrogens (primary N) is 1. The molecule has 0 fully saturated rings. The van der Waals surface area contributed by atoms with Gasteiger partial charge in [-0.2, -0.15) is 0 Å². The fourth-order valence-corrected chi connectivity index (χ4v) is 3.44. The van der Waals surface area contributed by atoms with Gasteiger partial charge in [-0.1, -0.05) is 65.4 Å². The normalized spacial score (nSPS) is 11.7. The Labute approximate surface area is 152 Å². The average Bonchev–Trinajstić information content (AvgIpc) is 2.98. The first-order chi connectivity index (χ1) is 12.1. The van der Waals surface area contributed by atoms with Gasteiger partial charge in [-0.15, -0.1) is 0 Å². The van der Waals surface area contributed by atoms with Crippen LogP contribution in [-0.4, -0.2) is 10.3 Å². The Hall–Kier alpha value is -2.53. The minimum atomic E-state index is 0.539. The number of benzene rings is 2. The summed E-state index contributed by atoms with van der Waals surface area (Å²) in [6.07, 6.45) is 0. The van der Waals surface area contributed by atoms with Gasteiger partial charge >= 0.3 is 0 Å². The second-order valence-corrected chi connectivity index (χ2v) is 6.91. The predicted molar refractivity (Wildman–Crippen MR) is 105 cm³/mol. The van der Waals surface area contributed by atoms with E-state index in [0.29, 0.717) is 10.9 Å². The fraction of sp³-hybridized carbons (Fsp3) is 0.200. The maximum atomic E-state index is 6.16. The van der Waals surface area contributed by atoms with Gasteiger partial charge < -0.3 is 10.3 Å². The summed E-state index contributed by atoms with van der Waals surface area (Å²) in [6, 6.07) is 16.1. The van der Waals surface area contributed by atoms with Crippen molar-refractivity contribution in [2.75, 3.05) is 0 Å². The summed E-state index contributed by atoms with van der Waals surface area (Å²) in [5.41, 5.74) is 12.3. The average molecular weight is 351 g/mol. The first-order valence-electron chi connectivity index (χ1n) is 8.10. The highest BCUT2D eigenvalue weighted by Gasteiger charge is 2.15. The van der Waals surface area contributed by atoms with Gasteiger partial charge in [-0.25, -0.2) is 4.99 Å². The van der Waals surface area contributed by atoms with Crippen molar-refractivity contribution >= 4 is 22.6 Å². The summed E-state index contributed by atoms with van der Waals surface area (Å²) < 4.78 is 5.39. The van der Waals surface area contributed by atoms with Crippen LogP contribution in [0.3, 0.4) is 0 Å². The van der Waals surface area contributed by atoms with Crippen LogP contribution in [0.15, 0.2) is 58.0 Å². The van der Waals surface area contributed by atoms with E-state index >= 15 is 0 Å². The SMILES string of the molecule is Cc1cccc(C)c1N=C(N)SCc1c(-c2ccccc2)noc1C. The number of aryl methyl sites for hydroxylation is 3. The van der Waals surface area contributed by atoms with E-state index in [9.17, 15) is 0 Å². The summed E-state index contributed by atoms with van der Waals surface area (Å²) in [6.45, 7) is 6.01. The van der Waals surface area contributed by atoms with Crippen LogP contribution in [0.4, 0.5) is 5.69 Å². The van der Waals surface area contributed by atoms with E-state index in [1.54, 1.807) is 0 Å². The Morgan fingerprint density at radius 3 is 2.40 bits per heavy atom. The van der Waals surface area contributed by atoms with Crippen molar-refractivity contribution in [1.82, 2.24) is 5.16 Å². The standard InChI is InChI=1S/C20H21N3OS/c1-13-8-7-9-14(2)18(13)22-20(21)25-12-17-15(3)24-23-19(17)16-10-5-4-6-11-16/h4-11H,12H2,1-3H3,(H2,21,22). The highest BCUT2D eigenvalue weighted by Crippen LogP contribution is 2.29. The number of para-hydroxylation sites is 1. The molecule has 0 saturated heterocycles. The van der Waals surface area contributed by atoms with E-state index in [1.165, 1.54) is 11.8 Å². The third-order valence-corrected chi connectivity index (χ3v) is 4.88. The predicted octanol–water partition coefficient (Wildman–Crippen LogP) is 5.15. The fourth-order valence-electron chi connectivity index (χ4n) is 2.65. The molecule has 0 aliphatic carbocycles. The zero-order chi connectivity index (χ0) is 17.8. The number of nitrogens with zero attached hydrogens (tertiary/aromatic N) is 2. The monoisotopic (exact) mass is 351 g/mol. The highest BCUT2D eigenvalue weighted by atomic mass is 32.2. The van der Waals surface area contributed by atoms with Crippen LogP contribution in [0.2, 0.25) is 0 Å². The number of thioether (sulfide) groups is 1. The molecule has 25 heavy (non-hydrogen) atoms. The van der Waals surface area contributed by atoms with E-state index in [2.05, 4.69) is 10.1 Å². The minimum Gasteiger partial charge on any atom is -0.378 e. The summed E-state index contributed by atoms with van der Waals surface area (Å²) in [4.78, 5) is 4.60. The van der Waals surface area contributed by atoms with Crippen molar-refractivity contribution in [3.05, 3.63) is 71.0 Å². The highest BCUT2D eigenvalue weighted by molar-refractivity contribution is 8.13. The van der Waals surface area contributed by atoms with E-state index in [4.69, 9.17) is 10.3 Å². The van der Waals surface area contributed by atoms with Gasteiger partial charge in [0.25, 0.3) is 0 Å². The van der Waals surface area contributed by atoms with Gasteiger partial charge in [0.1, 0.15) is 11.5 Å². The molecule has 3 rings (SSSR count). The van der Waals surface area contributed by atoms with Gasteiger partial charge in [0.2, 0.25) is 0 Å². The van der Waals surface area contributed by atoms with E-state index in [0.717, 1.165) is 39.4 Å². The molecule has 0 spiro atoms. The molecule has 1 heterocycles. The lowest BCUT2D eigenvalue weighted by Crippen LogP contribution is -2.07. The van der Waals surface area contributed by atoms with Crippen molar-refractivity contribution in [2.24, 2.45) is 10.7 Å². The van der Waals surface area contributed by atoms with E-state index < -0.39 is 0 Å². The lowest BCUT2D eigenvalue weighted by Gasteiger charge is -2.06. The smallest absolute Gasteiger partial charge is 0.159 e. The van der Waals surface area contributed by atoms with Crippen LogP contribution in [0.5, 0.6) is 0 Å². The van der Waals surface area contributed by atoms with Gasteiger partial charge in [-0.05, 0) is 31.9 Å².